The molecule has 30 heavy (non-hydrogen) atoms. The van der Waals surface area contributed by atoms with Gasteiger partial charge in [0, 0.05) is 18.0 Å². The number of sulfone groups is 1. The molecule has 0 bridgehead atoms. The van der Waals surface area contributed by atoms with Gasteiger partial charge in [-0.05, 0) is 49.3 Å². The molecule has 2 fully saturated rings. The quantitative estimate of drug-likeness (QED) is 0.543. The van der Waals surface area contributed by atoms with Gasteiger partial charge in [0.25, 0.3) is 0 Å². The average Bonchev–Trinajstić information content (AvgIpc) is 3.43. The van der Waals surface area contributed by atoms with E-state index < -0.39 is 9.84 Å². The Kier molecular flexibility index (Phi) is 4.85. The van der Waals surface area contributed by atoms with Crippen molar-refractivity contribution in [2.45, 2.75) is 61.9 Å². The minimum absolute atomic E-state index is 0.0240. The van der Waals surface area contributed by atoms with Gasteiger partial charge in [-0.15, -0.1) is 0 Å². The summed E-state index contributed by atoms with van der Waals surface area (Å²) in [6.45, 7) is 0. The minimum Gasteiger partial charge on any atom is -0.367 e. The van der Waals surface area contributed by atoms with Crippen molar-refractivity contribution in [3.05, 3.63) is 29.8 Å². The van der Waals surface area contributed by atoms with Crippen molar-refractivity contribution in [1.29, 1.82) is 0 Å². The van der Waals surface area contributed by atoms with Crippen LogP contribution in [0.15, 0.2) is 29.3 Å². The maximum atomic E-state index is 12.1. The SMILES string of the molecule is CS(=O)(=O)c1n[nH]c2nc(Nc3ccc(C4CCCCC4)cc3)nc(NC3CC3)c12. The Labute approximate surface area is 175 Å². The third kappa shape index (κ3) is 3.98. The van der Waals surface area contributed by atoms with Crippen molar-refractivity contribution in [2.75, 3.05) is 16.9 Å². The predicted octanol–water partition coefficient (Wildman–Crippen LogP) is 4.12. The number of benzene rings is 1. The molecule has 0 radical (unpaired) electrons. The average molecular weight is 427 g/mol. The van der Waals surface area contributed by atoms with Crippen molar-refractivity contribution in [2.24, 2.45) is 0 Å². The minimum atomic E-state index is -3.49. The number of nitrogens with one attached hydrogen (secondary N) is 3. The van der Waals surface area contributed by atoms with Gasteiger partial charge in [-0.2, -0.15) is 15.1 Å². The third-order valence-corrected chi connectivity index (χ3v) is 6.90. The molecular formula is C21H26N6O2S. The fourth-order valence-corrected chi connectivity index (χ4v) is 4.93. The Morgan fingerprint density at radius 2 is 1.73 bits per heavy atom. The van der Waals surface area contributed by atoms with E-state index in [1.807, 2.05) is 0 Å². The maximum Gasteiger partial charge on any atom is 0.231 e. The van der Waals surface area contributed by atoms with Crippen molar-refractivity contribution >= 4 is 38.3 Å². The zero-order chi connectivity index (χ0) is 20.7. The van der Waals surface area contributed by atoms with Crippen LogP contribution in [-0.2, 0) is 9.84 Å². The first-order chi connectivity index (χ1) is 14.5. The van der Waals surface area contributed by atoms with Gasteiger partial charge in [0.15, 0.2) is 20.5 Å². The van der Waals surface area contributed by atoms with Crippen LogP contribution in [0.3, 0.4) is 0 Å². The molecule has 2 aliphatic rings. The van der Waals surface area contributed by atoms with E-state index in [1.165, 1.54) is 37.7 Å². The number of nitrogens with zero attached hydrogens (tertiary/aromatic N) is 3. The summed E-state index contributed by atoms with van der Waals surface area (Å²) in [7, 11) is -3.49. The molecule has 158 valence electrons. The summed E-state index contributed by atoms with van der Waals surface area (Å²) in [6, 6.07) is 8.78. The van der Waals surface area contributed by atoms with Gasteiger partial charge in [-0.25, -0.2) is 8.42 Å². The lowest BCUT2D eigenvalue weighted by molar-refractivity contribution is 0.443. The Hall–Kier alpha value is -2.68. The second-order valence-corrected chi connectivity index (χ2v) is 10.4. The van der Waals surface area contributed by atoms with Crippen molar-refractivity contribution < 1.29 is 8.42 Å². The highest BCUT2D eigenvalue weighted by molar-refractivity contribution is 7.90. The van der Waals surface area contributed by atoms with Crippen LogP contribution in [0.2, 0.25) is 0 Å². The Bertz CT molecular complexity index is 1160. The summed E-state index contributed by atoms with van der Waals surface area (Å²) in [5.74, 6) is 1.56. The van der Waals surface area contributed by atoms with Gasteiger partial charge in [-0.1, -0.05) is 31.4 Å². The fourth-order valence-electron chi connectivity index (χ4n) is 4.16. The second kappa shape index (κ2) is 7.54. The topological polar surface area (TPSA) is 113 Å². The van der Waals surface area contributed by atoms with E-state index in [-0.39, 0.29) is 5.03 Å². The second-order valence-electron chi connectivity index (χ2n) is 8.42. The van der Waals surface area contributed by atoms with Gasteiger partial charge >= 0.3 is 0 Å². The standard InChI is InChI=1S/C21H26N6O2S/c1-30(28,29)20-17-18(22-15-11-12-15)24-21(25-19(17)26-27-20)23-16-9-7-14(8-10-16)13-5-3-2-4-6-13/h7-10,13,15H,2-6,11-12H2,1H3,(H3,22,23,24,25,26,27). The third-order valence-electron chi connectivity index (χ3n) is 5.90. The highest BCUT2D eigenvalue weighted by Gasteiger charge is 2.27. The lowest BCUT2D eigenvalue weighted by Gasteiger charge is -2.22. The molecule has 0 spiro atoms. The predicted molar refractivity (Wildman–Crippen MR) is 117 cm³/mol. The summed E-state index contributed by atoms with van der Waals surface area (Å²) >= 11 is 0. The monoisotopic (exact) mass is 426 g/mol. The van der Waals surface area contributed by atoms with Crippen LogP contribution in [0.25, 0.3) is 11.0 Å². The molecule has 0 amide bonds. The first kappa shape index (κ1) is 19.3. The van der Waals surface area contributed by atoms with Crippen molar-refractivity contribution in [3.8, 4) is 0 Å². The van der Waals surface area contributed by atoms with Gasteiger partial charge < -0.3 is 10.6 Å². The molecule has 3 aromatic rings. The molecule has 5 rings (SSSR count). The molecule has 2 saturated carbocycles. The lowest BCUT2D eigenvalue weighted by atomic mass is 9.84. The van der Waals surface area contributed by atoms with E-state index in [9.17, 15) is 8.42 Å². The highest BCUT2D eigenvalue weighted by atomic mass is 32.2. The summed E-state index contributed by atoms with van der Waals surface area (Å²) in [5.41, 5.74) is 2.68. The van der Waals surface area contributed by atoms with E-state index in [0.29, 0.717) is 34.8 Å². The molecule has 0 aliphatic heterocycles. The molecule has 2 aliphatic carbocycles. The molecule has 3 N–H and O–H groups in total. The zero-order valence-electron chi connectivity index (χ0n) is 17.0. The molecular weight excluding hydrogens is 400 g/mol. The Morgan fingerprint density at radius 3 is 2.40 bits per heavy atom. The van der Waals surface area contributed by atoms with Crippen LogP contribution >= 0.6 is 0 Å². The molecule has 2 heterocycles. The van der Waals surface area contributed by atoms with Gasteiger partial charge in [0.05, 0.1) is 0 Å². The maximum absolute atomic E-state index is 12.1. The Morgan fingerprint density at radius 1 is 1.00 bits per heavy atom. The first-order valence-corrected chi connectivity index (χ1v) is 12.5. The smallest absolute Gasteiger partial charge is 0.231 e. The summed E-state index contributed by atoms with van der Waals surface area (Å²) in [5, 5.41) is 13.7. The molecule has 1 aromatic carbocycles. The number of hydrogen-bond acceptors (Lipinski definition) is 7. The first-order valence-electron chi connectivity index (χ1n) is 10.6. The highest BCUT2D eigenvalue weighted by Crippen LogP contribution is 2.34. The van der Waals surface area contributed by atoms with E-state index in [0.717, 1.165) is 24.8 Å². The molecule has 0 unspecified atom stereocenters. The van der Waals surface area contributed by atoms with Gasteiger partial charge in [0.1, 0.15) is 11.2 Å². The van der Waals surface area contributed by atoms with Gasteiger partial charge in [-0.3, -0.25) is 5.10 Å². The molecule has 8 nitrogen and oxygen atoms in total. The van der Waals surface area contributed by atoms with Crippen molar-refractivity contribution in [1.82, 2.24) is 20.2 Å². The molecule has 0 atom stereocenters. The van der Waals surface area contributed by atoms with Crippen LogP contribution in [0.1, 0.15) is 56.4 Å². The van der Waals surface area contributed by atoms with Crippen LogP contribution in [0.4, 0.5) is 17.5 Å². The number of rotatable bonds is 6. The number of aromatic nitrogens is 4. The van der Waals surface area contributed by atoms with Crippen molar-refractivity contribution in [3.63, 3.8) is 0 Å². The molecule has 2 aromatic heterocycles. The number of fused-ring (bicyclic) bond motifs is 1. The van der Waals surface area contributed by atoms with E-state index >= 15 is 0 Å². The van der Waals surface area contributed by atoms with Crippen LogP contribution in [-0.4, -0.2) is 40.9 Å². The van der Waals surface area contributed by atoms with E-state index in [1.54, 1.807) is 0 Å². The number of H-pyrrole nitrogens is 1. The number of aromatic amines is 1. The van der Waals surface area contributed by atoms with Crippen LogP contribution < -0.4 is 10.6 Å². The van der Waals surface area contributed by atoms with Crippen LogP contribution in [0, 0.1) is 0 Å². The Balaban J connectivity index is 1.44. The summed E-state index contributed by atoms with van der Waals surface area (Å²) in [6.07, 6.45) is 9.75. The largest absolute Gasteiger partial charge is 0.367 e. The fraction of sp³-hybridized carbons (Fsp3) is 0.476. The molecule has 9 heteroatoms. The normalized spacial score (nSPS) is 17.9. The van der Waals surface area contributed by atoms with E-state index in [4.69, 9.17) is 0 Å². The number of hydrogen-bond donors (Lipinski definition) is 3. The zero-order valence-corrected chi connectivity index (χ0v) is 17.8. The summed E-state index contributed by atoms with van der Waals surface area (Å²) < 4.78 is 24.2. The lowest BCUT2D eigenvalue weighted by Crippen LogP contribution is -2.08. The van der Waals surface area contributed by atoms with Crippen LogP contribution in [0.5, 0.6) is 0 Å². The molecule has 0 saturated heterocycles. The van der Waals surface area contributed by atoms with Gasteiger partial charge in [0.2, 0.25) is 5.95 Å². The van der Waals surface area contributed by atoms with E-state index in [2.05, 4.69) is 55.1 Å². The summed E-state index contributed by atoms with van der Waals surface area (Å²) in [4.78, 5) is 9.04. The number of anilines is 3.